The summed E-state index contributed by atoms with van der Waals surface area (Å²) in [6.45, 7) is 3.09. The lowest BCUT2D eigenvalue weighted by atomic mass is 9.88. The topological polar surface area (TPSA) is 72.2 Å². The van der Waals surface area contributed by atoms with Gasteiger partial charge >= 0.3 is 0 Å². The lowest BCUT2D eigenvalue weighted by Crippen LogP contribution is -2.52. The number of nitrogens with zero attached hydrogens (tertiary/aromatic N) is 1. The van der Waals surface area contributed by atoms with Gasteiger partial charge in [0.25, 0.3) is 5.89 Å². The minimum Gasteiger partial charge on any atom is -0.442 e. The zero-order valence-corrected chi connectivity index (χ0v) is 12.1. The Kier molecular flexibility index (Phi) is 4.52. The van der Waals surface area contributed by atoms with E-state index in [4.69, 9.17) is 4.42 Å². The van der Waals surface area contributed by atoms with Crippen LogP contribution in [0.15, 0.2) is 47.2 Å². The van der Waals surface area contributed by atoms with Crippen LogP contribution in [-0.2, 0) is 11.2 Å². The Morgan fingerprint density at radius 2 is 2.00 bits per heavy atom. The summed E-state index contributed by atoms with van der Waals surface area (Å²) < 4.78 is 5.06. The first-order valence-electron chi connectivity index (χ1n) is 6.78. The fourth-order valence-corrected chi connectivity index (χ4v) is 2.23. The average molecular weight is 286 g/mol. The smallest absolute Gasteiger partial charge is 0.265 e. The van der Waals surface area contributed by atoms with Gasteiger partial charge in [-0.05, 0) is 25.3 Å². The SMILES string of the molecule is CC(=O)N[C@@](C)(CCc1ccccc1)C(=O)c1ncco1. The van der Waals surface area contributed by atoms with Crippen LogP contribution in [0.5, 0.6) is 0 Å². The number of aryl methyl sites for hydroxylation is 1. The molecule has 0 aliphatic rings. The maximum atomic E-state index is 12.5. The first kappa shape index (κ1) is 15.0. The van der Waals surface area contributed by atoms with E-state index in [9.17, 15) is 9.59 Å². The van der Waals surface area contributed by atoms with Crippen molar-refractivity contribution in [3.05, 3.63) is 54.2 Å². The number of hydrogen-bond acceptors (Lipinski definition) is 4. The number of oxazole rings is 1. The predicted octanol–water partition coefficient (Wildman–Crippen LogP) is 2.38. The Morgan fingerprint density at radius 1 is 1.29 bits per heavy atom. The second-order valence-corrected chi connectivity index (χ2v) is 5.17. The van der Waals surface area contributed by atoms with Crippen molar-refractivity contribution in [1.29, 1.82) is 0 Å². The van der Waals surface area contributed by atoms with Gasteiger partial charge in [-0.2, -0.15) is 0 Å². The summed E-state index contributed by atoms with van der Waals surface area (Å²) in [6.07, 6.45) is 3.90. The Hall–Kier alpha value is -2.43. The Morgan fingerprint density at radius 3 is 2.57 bits per heavy atom. The molecule has 0 aliphatic heterocycles. The number of nitrogens with one attached hydrogen (secondary N) is 1. The van der Waals surface area contributed by atoms with Crippen LogP contribution in [0, 0.1) is 0 Å². The second kappa shape index (κ2) is 6.35. The Bertz CT molecular complexity index is 608. The molecule has 110 valence electrons. The maximum Gasteiger partial charge on any atom is 0.265 e. The predicted molar refractivity (Wildman–Crippen MR) is 77.8 cm³/mol. The van der Waals surface area contributed by atoms with E-state index >= 15 is 0 Å². The summed E-state index contributed by atoms with van der Waals surface area (Å²) in [4.78, 5) is 27.8. The molecular weight excluding hydrogens is 268 g/mol. The fraction of sp³-hybridized carbons (Fsp3) is 0.312. The quantitative estimate of drug-likeness (QED) is 0.828. The average Bonchev–Trinajstić information content (AvgIpc) is 2.99. The molecular formula is C16H18N2O3. The van der Waals surface area contributed by atoms with Crippen molar-refractivity contribution < 1.29 is 14.0 Å². The Labute approximate surface area is 123 Å². The standard InChI is InChI=1S/C16H18N2O3/c1-12(19)18-16(2,14(20)15-17-10-11-21-15)9-8-13-6-4-3-5-7-13/h3-7,10-11H,8-9H2,1-2H3,(H,18,19)/t16-/m0/s1. The van der Waals surface area contributed by atoms with Gasteiger partial charge in [0.05, 0.1) is 6.20 Å². The normalized spacial score (nSPS) is 13.4. The molecule has 0 radical (unpaired) electrons. The van der Waals surface area contributed by atoms with Gasteiger partial charge in [0.2, 0.25) is 11.7 Å². The van der Waals surface area contributed by atoms with Crippen molar-refractivity contribution in [2.75, 3.05) is 0 Å². The van der Waals surface area contributed by atoms with E-state index in [1.807, 2.05) is 30.3 Å². The Balaban J connectivity index is 2.16. The van der Waals surface area contributed by atoms with Crippen LogP contribution >= 0.6 is 0 Å². The largest absolute Gasteiger partial charge is 0.442 e. The van der Waals surface area contributed by atoms with Gasteiger partial charge in [0.15, 0.2) is 0 Å². The number of hydrogen-bond donors (Lipinski definition) is 1. The summed E-state index contributed by atoms with van der Waals surface area (Å²) in [7, 11) is 0. The third-order valence-electron chi connectivity index (χ3n) is 3.34. The lowest BCUT2D eigenvalue weighted by Gasteiger charge is -2.27. The molecule has 0 unspecified atom stereocenters. The number of aromatic nitrogens is 1. The maximum absolute atomic E-state index is 12.5. The molecule has 2 aromatic rings. The molecule has 0 fully saturated rings. The van der Waals surface area contributed by atoms with Crippen molar-refractivity contribution >= 4 is 11.7 Å². The molecule has 1 heterocycles. The van der Waals surface area contributed by atoms with Gasteiger partial charge in [-0.25, -0.2) is 4.98 Å². The second-order valence-electron chi connectivity index (χ2n) is 5.17. The molecule has 1 amide bonds. The minimum absolute atomic E-state index is 0.0133. The van der Waals surface area contributed by atoms with E-state index in [-0.39, 0.29) is 17.6 Å². The molecule has 0 saturated heterocycles. The molecule has 1 aromatic heterocycles. The summed E-state index contributed by atoms with van der Waals surface area (Å²) in [5, 5.41) is 2.73. The molecule has 1 N–H and O–H groups in total. The number of ketones is 1. The zero-order chi connectivity index (χ0) is 15.3. The van der Waals surface area contributed by atoms with Crippen molar-refractivity contribution in [2.45, 2.75) is 32.2 Å². The van der Waals surface area contributed by atoms with Gasteiger partial charge in [-0.15, -0.1) is 0 Å². The van der Waals surface area contributed by atoms with Crippen LogP contribution in [0.1, 0.15) is 36.5 Å². The van der Waals surface area contributed by atoms with Crippen molar-refractivity contribution in [3.8, 4) is 0 Å². The molecule has 5 nitrogen and oxygen atoms in total. The molecule has 5 heteroatoms. The van der Waals surface area contributed by atoms with Gasteiger partial charge in [-0.1, -0.05) is 30.3 Å². The van der Waals surface area contributed by atoms with Gasteiger partial charge in [-0.3, -0.25) is 9.59 Å². The van der Waals surface area contributed by atoms with Gasteiger partial charge in [0.1, 0.15) is 11.8 Å². The lowest BCUT2D eigenvalue weighted by molar-refractivity contribution is -0.120. The molecule has 1 atom stereocenters. The van der Waals surface area contributed by atoms with E-state index < -0.39 is 5.54 Å². The molecule has 0 bridgehead atoms. The number of rotatable bonds is 6. The molecule has 0 aliphatic carbocycles. The number of benzene rings is 1. The van der Waals surface area contributed by atoms with Gasteiger partial charge in [0, 0.05) is 6.92 Å². The first-order chi connectivity index (χ1) is 10.0. The molecule has 0 saturated carbocycles. The van der Waals surface area contributed by atoms with E-state index in [0.29, 0.717) is 12.8 Å². The molecule has 21 heavy (non-hydrogen) atoms. The molecule has 0 spiro atoms. The van der Waals surface area contributed by atoms with Crippen molar-refractivity contribution in [3.63, 3.8) is 0 Å². The summed E-state index contributed by atoms with van der Waals surface area (Å²) in [6, 6.07) is 9.81. The van der Waals surface area contributed by atoms with Crippen LogP contribution in [0.25, 0.3) is 0 Å². The highest BCUT2D eigenvalue weighted by molar-refractivity contribution is 6.01. The zero-order valence-electron chi connectivity index (χ0n) is 12.1. The van der Waals surface area contributed by atoms with Crippen LogP contribution in [0.2, 0.25) is 0 Å². The van der Waals surface area contributed by atoms with Crippen molar-refractivity contribution in [2.24, 2.45) is 0 Å². The monoisotopic (exact) mass is 286 g/mol. The van der Waals surface area contributed by atoms with Crippen LogP contribution in [-0.4, -0.2) is 22.2 Å². The minimum atomic E-state index is -1.04. The number of carbonyl (C=O) groups excluding carboxylic acids is 2. The highest BCUT2D eigenvalue weighted by Gasteiger charge is 2.37. The van der Waals surface area contributed by atoms with Gasteiger partial charge < -0.3 is 9.73 Å². The van der Waals surface area contributed by atoms with Crippen LogP contribution in [0.3, 0.4) is 0 Å². The van der Waals surface area contributed by atoms with Crippen molar-refractivity contribution in [1.82, 2.24) is 10.3 Å². The molecule has 1 aromatic carbocycles. The third kappa shape index (κ3) is 3.78. The highest BCUT2D eigenvalue weighted by Crippen LogP contribution is 2.19. The summed E-state index contributed by atoms with van der Waals surface area (Å²) in [5.41, 5.74) is 0.0706. The number of Topliss-reactive ketones (excluding diaryl/α,β-unsaturated/α-hetero) is 1. The van der Waals surface area contributed by atoms with E-state index in [1.165, 1.54) is 19.4 Å². The van der Waals surface area contributed by atoms with E-state index in [1.54, 1.807) is 6.92 Å². The highest BCUT2D eigenvalue weighted by atomic mass is 16.3. The summed E-state index contributed by atoms with van der Waals surface area (Å²) in [5.74, 6) is -0.566. The fourth-order valence-electron chi connectivity index (χ4n) is 2.23. The summed E-state index contributed by atoms with van der Waals surface area (Å²) >= 11 is 0. The van der Waals surface area contributed by atoms with Crippen LogP contribution < -0.4 is 5.32 Å². The number of amides is 1. The molecule has 2 rings (SSSR count). The van der Waals surface area contributed by atoms with Crippen LogP contribution in [0.4, 0.5) is 0 Å². The first-order valence-corrected chi connectivity index (χ1v) is 6.78. The third-order valence-corrected chi connectivity index (χ3v) is 3.34. The van der Waals surface area contributed by atoms with E-state index in [0.717, 1.165) is 5.56 Å². The van der Waals surface area contributed by atoms with E-state index in [2.05, 4.69) is 10.3 Å². The number of carbonyl (C=O) groups is 2.